The zero-order valence-electron chi connectivity index (χ0n) is 15.3. The number of carbonyl (C=O) groups is 1. The van der Waals surface area contributed by atoms with E-state index in [1.165, 1.54) is 5.56 Å². The quantitative estimate of drug-likeness (QED) is 0.758. The van der Waals surface area contributed by atoms with Crippen LogP contribution in [-0.2, 0) is 6.54 Å². The van der Waals surface area contributed by atoms with E-state index in [1.54, 1.807) is 0 Å². The van der Waals surface area contributed by atoms with Gasteiger partial charge < -0.3 is 10.2 Å². The number of hydrogen-bond donors (Lipinski definition) is 1. The maximum absolute atomic E-state index is 13.2. The zero-order chi connectivity index (χ0) is 19.1. The molecule has 144 valence electrons. The Hall–Kier alpha value is -2.31. The van der Waals surface area contributed by atoms with Crippen LogP contribution < -0.4 is 5.32 Å². The Morgan fingerprint density at radius 3 is 2.22 bits per heavy atom. The molecule has 0 aromatic heterocycles. The summed E-state index contributed by atoms with van der Waals surface area (Å²) in [4.78, 5) is 16.8. The Bertz CT molecular complexity index is 726. The summed E-state index contributed by atoms with van der Waals surface area (Å²) in [5, 5.41) is 2.73. The number of nitrogens with one attached hydrogen (secondary N) is 1. The zero-order valence-corrected chi connectivity index (χ0v) is 15.3. The normalized spacial score (nSPS) is 15.6. The van der Waals surface area contributed by atoms with E-state index in [1.807, 2.05) is 6.07 Å². The maximum atomic E-state index is 13.2. The van der Waals surface area contributed by atoms with Crippen molar-refractivity contribution in [2.24, 2.45) is 0 Å². The summed E-state index contributed by atoms with van der Waals surface area (Å²) < 4.78 is 26.3. The lowest BCUT2D eigenvalue weighted by Gasteiger charge is -2.34. The predicted octanol–water partition coefficient (Wildman–Crippen LogP) is 2.90. The minimum atomic E-state index is -0.742. The Labute approximate surface area is 158 Å². The first kappa shape index (κ1) is 19.5. The molecule has 4 nitrogen and oxygen atoms in total. The van der Waals surface area contributed by atoms with Crippen LogP contribution in [0.3, 0.4) is 0 Å². The molecule has 27 heavy (non-hydrogen) atoms. The monoisotopic (exact) mass is 373 g/mol. The maximum Gasteiger partial charge on any atom is 0.251 e. The molecular formula is C21H25F2N3O. The topological polar surface area (TPSA) is 35.6 Å². The molecule has 1 fully saturated rings. The van der Waals surface area contributed by atoms with E-state index in [4.69, 9.17) is 0 Å². The van der Waals surface area contributed by atoms with Crippen LogP contribution in [0, 0.1) is 11.6 Å². The molecule has 0 saturated carbocycles. The largest absolute Gasteiger partial charge is 0.352 e. The lowest BCUT2D eigenvalue weighted by Crippen LogP contribution is -2.46. The van der Waals surface area contributed by atoms with Crippen molar-refractivity contribution in [3.8, 4) is 0 Å². The number of benzene rings is 2. The van der Waals surface area contributed by atoms with Gasteiger partial charge in [0.25, 0.3) is 5.91 Å². The third kappa shape index (κ3) is 6.12. The first-order valence-corrected chi connectivity index (χ1v) is 9.33. The van der Waals surface area contributed by atoms with Crippen LogP contribution in [0.1, 0.15) is 22.3 Å². The van der Waals surface area contributed by atoms with E-state index in [0.717, 1.165) is 63.9 Å². The smallest absolute Gasteiger partial charge is 0.251 e. The van der Waals surface area contributed by atoms with Crippen LogP contribution >= 0.6 is 0 Å². The van der Waals surface area contributed by atoms with E-state index in [9.17, 15) is 13.6 Å². The van der Waals surface area contributed by atoms with Gasteiger partial charge in [-0.15, -0.1) is 0 Å². The van der Waals surface area contributed by atoms with Crippen molar-refractivity contribution in [1.29, 1.82) is 0 Å². The average Bonchev–Trinajstić information content (AvgIpc) is 2.66. The van der Waals surface area contributed by atoms with Gasteiger partial charge >= 0.3 is 0 Å². The molecule has 1 aliphatic rings. The summed E-state index contributed by atoms with van der Waals surface area (Å²) >= 11 is 0. The van der Waals surface area contributed by atoms with Gasteiger partial charge in [-0.25, -0.2) is 8.78 Å². The molecule has 1 saturated heterocycles. The summed E-state index contributed by atoms with van der Waals surface area (Å²) in [5.41, 5.74) is 1.35. The average molecular weight is 373 g/mol. The Morgan fingerprint density at radius 1 is 0.926 bits per heavy atom. The molecule has 2 aromatic rings. The molecule has 0 spiro atoms. The van der Waals surface area contributed by atoms with Gasteiger partial charge in [0.2, 0.25) is 0 Å². The highest BCUT2D eigenvalue weighted by Crippen LogP contribution is 2.09. The van der Waals surface area contributed by atoms with Gasteiger partial charge in [-0.3, -0.25) is 9.69 Å². The summed E-state index contributed by atoms with van der Waals surface area (Å²) in [5.74, 6) is -1.93. The lowest BCUT2D eigenvalue weighted by molar-refractivity contribution is 0.0946. The minimum Gasteiger partial charge on any atom is -0.352 e. The van der Waals surface area contributed by atoms with Crippen molar-refractivity contribution in [3.05, 3.63) is 71.3 Å². The molecular weight excluding hydrogens is 348 g/mol. The second-order valence-corrected chi connectivity index (χ2v) is 6.87. The number of nitrogens with zero attached hydrogens (tertiary/aromatic N) is 2. The molecule has 2 aromatic carbocycles. The molecule has 1 amide bonds. The van der Waals surface area contributed by atoms with E-state index < -0.39 is 17.5 Å². The number of rotatable bonds is 7. The van der Waals surface area contributed by atoms with Crippen molar-refractivity contribution in [2.75, 3.05) is 39.3 Å². The highest BCUT2D eigenvalue weighted by atomic mass is 19.1. The van der Waals surface area contributed by atoms with E-state index in [0.29, 0.717) is 6.54 Å². The summed E-state index contributed by atoms with van der Waals surface area (Å²) in [6.07, 6.45) is 0.808. The van der Waals surface area contributed by atoms with Gasteiger partial charge in [-0.2, -0.15) is 0 Å². The third-order valence-electron chi connectivity index (χ3n) is 4.78. The molecule has 0 atom stereocenters. The summed E-state index contributed by atoms with van der Waals surface area (Å²) in [7, 11) is 0. The van der Waals surface area contributed by atoms with Crippen molar-refractivity contribution >= 4 is 5.91 Å². The molecule has 3 rings (SSSR count). The first-order valence-electron chi connectivity index (χ1n) is 9.33. The molecule has 0 aliphatic carbocycles. The van der Waals surface area contributed by atoms with Crippen LogP contribution in [-0.4, -0.2) is 55.0 Å². The van der Waals surface area contributed by atoms with E-state index in [-0.39, 0.29) is 5.56 Å². The van der Waals surface area contributed by atoms with Crippen molar-refractivity contribution < 1.29 is 13.6 Å². The minimum absolute atomic E-state index is 0.0158. The number of carbonyl (C=O) groups excluding carboxylic acids is 1. The molecule has 0 unspecified atom stereocenters. The van der Waals surface area contributed by atoms with Crippen molar-refractivity contribution in [1.82, 2.24) is 15.1 Å². The Kier molecular flexibility index (Phi) is 6.90. The van der Waals surface area contributed by atoms with Crippen LogP contribution in [0.2, 0.25) is 0 Å². The molecule has 1 heterocycles. The standard InChI is InChI=1S/C21H25F2N3O/c22-19-13-18(14-20(23)15-19)21(27)24-7-4-8-25-9-11-26(12-10-25)16-17-5-2-1-3-6-17/h1-3,5-6,13-15H,4,7-12,16H2,(H,24,27). The van der Waals surface area contributed by atoms with Crippen molar-refractivity contribution in [2.45, 2.75) is 13.0 Å². The Morgan fingerprint density at radius 2 is 1.56 bits per heavy atom. The van der Waals surface area contributed by atoms with E-state index >= 15 is 0 Å². The molecule has 0 bridgehead atoms. The van der Waals surface area contributed by atoms with Gasteiger partial charge in [0.15, 0.2) is 0 Å². The molecule has 6 heteroatoms. The highest BCUT2D eigenvalue weighted by Gasteiger charge is 2.16. The van der Waals surface area contributed by atoms with Crippen molar-refractivity contribution in [3.63, 3.8) is 0 Å². The van der Waals surface area contributed by atoms with Crippen LogP contribution in [0.4, 0.5) is 8.78 Å². The first-order chi connectivity index (χ1) is 13.1. The number of piperazine rings is 1. The summed E-state index contributed by atoms with van der Waals surface area (Å²) in [6.45, 7) is 6.45. The number of hydrogen-bond acceptors (Lipinski definition) is 3. The molecule has 0 radical (unpaired) electrons. The number of amides is 1. The fourth-order valence-electron chi connectivity index (χ4n) is 3.30. The molecule has 1 aliphatic heterocycles. The van der Waals surface area contributed by atoms with Crippen LogP contribution in [0.25, 0.3) is 0 Å². The predicted molar refractivity (Wildman–Crippen MR) is 101 cm³/mol. The fourth-order valence-corrected chi connectivity index (χ4v) is 3.30. The lowest BCUT2D eigenvalue weighted by atomic mass is 10.2. The fraction of sp³-hybridized carbons (Fsp3) is 0.381. The highest BCUT2D eigenvalue weighted by molar-refractivity contribution is 5.94. The van der Waals surface area contributed by atoms with E-state index in [2.05, 4.69) is 39.4 Å². The van der Waals surface area contributed by atoms with Gasteiger partial charge in [0, 0.05) is 50.9 Å². The van der Waals surface area contributed by atoms with Gasteiger partial charge in [0.05, 0.1) is 0 Å². The SMILES string of the molecule is O=C(NCCCN1CCN(Cc2ccccc2)CC1)c1cc(F)cc(F)c1. The molecule has 1 N–H and O–H groups in total. The number of halogens is 2. The van der Waals surface area contributed by atoms with Gasteiger partial charge in [0.1, 0.15) is 11.6 Å². The van der Waals surface area contributed by atoms with Crippen LogP contribution in [0.15, 0.2) is 48.5 Å². The van der Waals surface area contributed by atoms with Crippen LogP contribution in [0.5, 0.6) is 0 Å². The van der Waals surface area contributed by atoms with Gasteiger partial charge in [-0.05, 0) is 30.7 Å². The summed E-state index contributed by atoms with van der Waals surface area (Å²) in [6, 6.07) is 13.3. The second-order valence-electron chi connectivity index (χ2n) is 6.87. The Balaban J connectivity index is 1.33. The third-order valence-corrected chi connectivity index (χ3v) is 4.78. The van der Waals surface area contributed by atoms with Gasteiger partial charge in [-0.1, -0.05) is 30.3 Å². The second kappa shape index (κ2) is 9.58.